The van der Waals surface area contributed by atoms with E-state index in [9.17, 15) is 4.79 Å². The van der Waals surface area contributed by atoms with Gasteiger partial charge in [0.05, 0.1) is 12.2 Å². The Bertz CT molecular complexity index is 394. The fourth-order valence-electron chi connectivity index (χ4n) is 1.86. The van der Waals surface area contributed by atoms with Crippen LogP contribution in [0.1, 0.15) is 30.8 Å². The first-order chi connectivity index (χ1) is 8.08. The van der Waals surface area contributed by atoms with E-state index in [1.54, 1.807) is 0 Å². The number of anilines is 1. The Morgan fingerprint density at radius 3 is 3.06 bits per heavy atom. The Labute approximate surface area is 105 Å². The standard InChI is InChI=1S/C11H18N4OS/c1-3-7(2)13-10(16)6-15-4-8-9(5-15)17-11(12)14-8/h7H,3-6H2,1-2H3,(H2,12,14)(H,13,16). The number of nitrogens with two attached hydrogens (primary N) is 1. The van der Waals surface area contributed by atoms with Gasteiger partial charge in [-0.05, 0) is 13.3 Å². The maximum absolute atomic E-state index is 11.7. The van der Waals surface area contributed by atoms with Gasteiger partial charge < -0.3 is 11.1 Å². The van der Waals surface area contributed by atoms with Crippen LogP contribution in [0.15, 0.2) is 0 Å². The van der Waals surface area contributed by atoms with Crippen LogP contribution in [-0.4, -0.2) is 28.4 Å². The maximum atomic E-state index is 11.7. The summed E-state index contributed by atoms with van der Waals surface area (Å²) >= 11 is 1.52. The van der Waals surface area contributed by atoms with Crippen molar-refractivity contribution >= 4 is 22.4 Å². The zero-order valence-electron chi connectivity index (χ0n) is 10.2. The van der Waals surface area contributed by atoms with Crippen molar-refractivity contribution in [3.05, 3.63) is 10.6 Å². The minimum absolute atomic E-state index is 0.0856. The molecule has 0 aromatic carbocycles. The van der Waals surface area contributed by atoms with Crippen molar-refractivity contribution in [1.29, 1.82) is 0 Å². The van der Waals surface area contributed by atoms with Gasteiger partial charge in [-0.25, -0.2) is 4.98 Å². The lowest BCUT2D eigenvalue weighted by Gasteiger charge is -2.16. The number of nitrogen functional groups attached to an aromatic ring is 1. The van der Waals surface area contributed by atoms with E-state index in [1.165, 1.54) is 16.2 Å². The smallest absolute Gasteiger partial charge is 0.234 e. The first-order valence-corrected chi connectivity index (χ1v) is 6.66. The second-order valence-corrected chi connectivity index (χ2v) is 5.56. The van der Waals surface area contributed by atoms with Gasteiger partial charge in [-0.3, -0.25) is 9.69 Å². The number of fused-ring (bicyclic) bond motifs is 1. The van der Waals surface area contributed by atoms with E-state index in [4.69, 9.17) is 5.73 Å². The van der Waals surface area contributed by atoms with Gasteiger partial charge >= 0.3 is 0 Å². The van der Waals surface area contributed by atoms with E-state index in [0.717, 1.165) is 25.2 Å². The van der Waals surface area contributed by atoms with Crippen LogP contribution in [0, 0.1) is 0 Å². The normalized spacial score (nSPS) is 16.8. The topological polar surface area (TPSA) is 71.2 Å². The highest BCUT2D eigenvalue weighted by atomic mass is 32.1. The summed E-state index contributed by atoms with van der Waals surface area (Å²) in [6, 6.07) is 0.243. The van der Waals surface area contributed by atoms with Crippen LogP contribution in [0.3, 0.4) is 0 Å². The SMILES string of the molecule is CCC(C)NC(=O)CN1Cc2nc(N)sc2C1. The van der Waals surface area contributed by atoms with E-state index in [-0.39, 0.29) is 11.9 Å². The van der Waals surface area contributed by atoms with Crippen molar-refractivity contribution in [3.8, 4) is 0 Å². The van der Waals surface area contributed by atoms with E-state index in [1.807, 2.05) is 6.92 Å². The Kier molecular flexibility index (Phi) is 3.63. The molecule has 2 heterocycles. The van der Waals surface area contributed by atoms with Crippen molar-refractivity contribution in [1.82, 2.24) is 15.2 Å². The molecule has 0 fully saturated rings. The number of hydrogen-bond acceptors (Lipinski definition) is 5. The molecular formula is C11H18N4OS. The summed E-state index contributed by atoms with van der Waals surface area (Å²) in [5.74, 6) is 0.0856. The minimum Gasteiger partial charge on any atom is -0.375 e. The average Bonchev–Trinajstić information content (AvgIpc) is 2.73. The Morgan fingerprint density at radius 2 is 2.41 bits per heavy atom. The molecule has 0 saturated carbocycles. The number of amides is 1. The molecule has 6 heteroatoms. The third-order valence-electron chi connectivity index (χ3n) is 2.92. The van der Waals surface area contributed by atoms with Crippen molar-refractivity contribution in [2.24, 2.45) is 0 Å². The summed E-state index contributed by atoms with van der Waals surface area (Å²) in [5, 5.41) is 3.59. The second-order valence-electron chi connectivity index (χ2n) is 4.44. The molecule has 17 heavy (non-hydrogen) atoms. The molecule has 1 atom stereocenters. The molecule has 0 radical (unpaired) electrons. The van der Waals surface area contributed by atoms with E-state index >= 15 is 0 Å². The number of nitrogens with one attached hydrogen (secondary N) is 1. The van der Waals surface area contributed by atoms with Crippen LogP contribution < -0.4 is 11.1 Å². The van der Waals surface area contributed by atoms with Crippen LogP contribution in [0.5, 0.6) is 0 Å². The summed E-state index contributed by atoms with van der Waals surface area (Å²) in [7, 11) is 0. The number of carbonyl (C=O) groups is 1. The highest BCUT2D eigenvalue weighted by Gasteiger charge is 2.24. The summed E-state index contributed by atoms with van der Waals surface area (Å²) < 4.78 is 0. The molecule has 0 spiro atoms. The van der Waals surface area contributed by atoms with E-state index in [2.05, 4.69) is 22.1 Å². The van der Waals surface area contributed by atoms with Crippen LogP contribution >= 0.6 is 11.3 Å². The van der Waals surface area contributed by atoms with Crippen molar-refractivity contribution in [2.75, 3.05) is 12.3 Å². The minimum atomic E-state index is 0.0856. The van der Waals surface area contributed by atoms with Gasteiger partial charge in [0.25, 0.3) is 0 Å². The van der Waals surface area contributed by atoms with Gasteiger partial charge in [-0.1, -0.05) is 6.92 Å². The molecule has 0 saturated heterocycles. The zero-order chi connectivity index (χ0) is 12.4. The first-order valence-electron chi connectivity index (χ1n) is 5.84. The van der Waals surface area contributed by atoms with Gasteiger partial charge in [0, 0.05) is 24.0 Å². The van der Waals surface area contributed by atoms with Crippen LogP contribution in [0.25, 0.3) is 0 Å². The molecule has 2 rings (SSSR count). The molecule has 1 unspecified atom stereocenters. The van der Waals surface area contributed by atoms with Crippen LogP contribution in [-0.2, 0) is 17.9 Å². The number of carbonyl (C=O) groups excluding carboxylic acids is 1. The lowest BCUT2D eigenvalue weighted by Crippen LogP contribution is -2.39. The maximum Gasteiger partial charge on any atom is 0.234 e. The van der Waals surface area contributed by atoms with Gasteiger partial charge in [0.15, 0.2) is 5.13 Å². The summed E-state index contributed by atoms with van der Waals surface area (Å²) in [4.78, 5) is 19.2. The Morgan fingerprint density at radius 1 is 1.65 bits per heavy atom. The molecule has 3 N–H and O–H groups in total. The number of thiazole rings is 1. The summed E-state index contributed by atoms with van der Waals surface area (Å²) in [5.41, 5.74) is 6.66. The van der Waals surface area contributed by atoms with Gasteiger partial charge in [0.1, 0.15) is 0 Å². The molecule has 0 bridgehead atoms. The monoisotopic (exact) mass is 254 g/mol. The molecular weight excluding hydrogens is 236 g/mol. The Hall–Kier alpha value is -1.14. The van der Waals surface area contributed by atoms with Gasteiger partial charge in [-0.2, -0.15) is 0 Å². The number of nitrogens with zero attached hydrogens (tertiary/aromatic N) is 2. The van der Waals surface area contributed by atoms with Crippen molar-refractivity contribution < 1.29 is 4.79 Å². The zero-order valence-corrected chi connectivity index (χ0v) is 11.0. The van der Waals surface area contributed by atoms with Gasteiger partial charge in [0.2, 0.25) is 5.91 Å². The van der Waals surface area contributed by atoms with E-state index in [0.29, 0.717) is 11.7 Å². The Balaban J connectivity index is 1.83. The molecule has 1 amide bonds. The molecule has 1 aromatic rings. The molecule has 5 nitrogen and oxygen atoms in total. The highest BCUT2D eigenvalue weighted by molar-refractivity contribution is 7.15. The lowest BCUT2D eigenvalue weighted by molar-refractivity contribution is -0.123. The third-order valence-corrected chi connectivity index (χ3v) is 3.83. The second kappa shape index (κ2) is 5.01. The number of rotatable bonds is 4. The molecule has 1 aliphatic rings. The molecule has 0 aliphatic carbocycles. The van der Waals surface area contributed by atoms with Gasteiger partial charge in [-0.15, -0.1) is 11.3 Å². The van der Waals surface area contributed by atoms with Crippen LogP contribution in [0.4, 0.5) is 5.13 Å². The largest absolute Gasteiger partial charge is 0.375 e. The number of hydrogen-bond donors (Lipinski definition) is 2. The number of aromatic nitrogens is 1. The fourth-order valence-corrected chi connectivity index (χ4v) is 2.74. The predicted molar refractivity (Wildman–Crippen MR) is 68.5 cm³/mol. The van der Waals surface area contributed by atoms with Crippen molar-refractivity contribution in [3.63, 3.8) is 0 Å². The molecule has 1 aliphatic heterocycles. The average molecular weight is 254 g/mol. The first kappa shape index (κ1) is 12.3. The summed E-state index contributed by atoms with van der Waals surface area (Å²) in [6.45, 7) is 6.04. The predicted octanol–water partition coefficient (Wildman–Crippen LogP) is 0.956. The fraction of sp³-hybridized carbons (Fsp3) is 0.636. The third kappa shape index (κ3) is 2.95. The quantitative estimate of drug-likeness (QED) is 0.839. The highest BCUT2D eigenvalue weighted by Crippen LogP contribution is 2.28. The van der Waals surface area contributed by atoms with E-state index < -0.39 is 0 Å². The lowest BCUT2D eigenvalue weighted by atomic mass is 10.2. The summed E-state index contributed by atoms with van der Waals surface area (Å²) in [6.07, 6.45) is 0.956. The molecule has 94 valence electrons. The van der Waals surface area contributed by atoms with Crippen molar-refractivity contribution in [2.45, 2.75) is 39.4 Å². The van der Waals surface area contributed by atoms with Crippen LogP contribution in [0.2, 0.25) is 0 Å². The molecule has 1 aromatic heterocycles.